The van der Waals surface area contributed by atoms with Crippen LogP contribution < -0.4 is 4.74 Å². The molecule has 0 amide bonds. The van der Waals surface area contributed by atoms with Crippen molar-refractivity contribution < 1.29 is 4.74 Å². The first kappa shape index (κ1) is 17.0. The number of hydrogen-bond donors (Lipinski definition) is 0. The molecule has 1 fully saturated rings. The zero-order valence-corrected chi connectivity index (χ0v) is 14.6. The maximum absolute atomic E-state index is 5.80. The highest BCUT2D eigenvalue weighted by molar-refractivity contribution is 5.20. The summed E-state index contributed by atoms with van der Waals surface area (Å²) in [5, 5.41) is 0. The largest absolute Gasteiger partial charge is 0.494 e. The predicted octanol–water partition coefficient (Wildman–Crippen LogP) is 4.94. The van der Waals surface area contributed by atoms with Gasteiger partial charge in [-0.3, -0.25) is 0 Å². The minimum absolute atomic E-state index is 0.719. The number of rotatable bonds is 8. The van der Waals surface area contributed by atoms with Crippen molar-refractivity contribution in [2.24, 2.45) is 0 Å². The number of nitrogens with zero attached hydrogens (tertiary/aromatic N) is 1. The molecule has 128 valence electrons. The van der Waals surface area contributed by atoms with Gasteiger partial charge in [0.2, 0.25) is 0 Å². The van der Waals surface area contributed by atoms with Crippen molar-refractivity contribution in [1.29, 1.82) is 0 Å². The Hall–Kier alpha value is -1.80. The molecule has 1 aliphatic heterocycles. The molecule has 0 saturated carbocycles. The van der Waals surface area contributed by atoms with E-state index in [1.54, 1.807) is 0 Å². The maximum Gasteiger partial charge on any atom is 0.119 e. The van der Waals surface area contributed by atoms with E-state index in [9.17, 15) is 0 Å². The number of para-hydroxylation sites is 1. The second-order valence-electron chi connectivity index (χ2n) is 6.74. The molecule has 0 spiro atoms. The van der Waals surface area contributed by atoms with Gasteiger partial charge in [0.05, 0.1) is 6.61 Å². The summed E-state index contributed by atoms with van der Waals surface area (Å²) in [6.07, 6.45) is 7.62. The molecule has 2 aromatic rings. The molecule has 0 radical (unpaired) electrons. The Bertz CT molecular complexity index is 569. The zero-order valence-electron chi connectivity index (χ0n) is 14.6. The molecular weight excluding hydrogens is 294 g/mol. The summed E-state index contributed by atoms with van der Waals surface area (Å²) in [6.45, 7) is 3.29. The lowest BCUT2D eigenvalue weighted by molar-refractivity contribution is 0.142. The van der Waals surface area contributed by atoms with E-state index >= 15 is 0 Å². The Labute approximate surface area is 146 Å². The Morgan fingerprint density at radius 1 is 0.875 bits per heavy atom. The van der Waals surface area contributed by atoms with Crippen LogP contribution in [0.25, 0.3) is 0 Å². The van der Waals surface area contributed by atoms with E-state index in [0.717, 1.165) is 24.8 Å². The van der Waals surface area contributed by atoms with Crippen LogP contribution in [0.1, 0.15) is 37.7 Å². The van der Waals surface area contributed by atoms with Gasteiger partial charge in [0.25, 0.3) is 0 Å². The van der Waals surface area contributed by atoms with Crippen LogP contribution in [0.3, 0.4) is 0 Å². The first-order chi connectivity index (χ1) is 11.9. The van der Waals surface area contributed by atoms with Gasteiger partial charge in [-0.1, -0.05) is 55.0 Å². The van der Waals surface area contributed by atoms with Crippen LogP contribution in [-0.4, -0.2) is 30.6 Å². The number of hydrogen-bond acceptors (Lipinski definition) is 2. The van der Waals surface area contributed by atoms with E-state index < -0.39 is 0 Å². The first-order valence-electron chi connectivity index (χ1n) is 9.37. The molecule has 2 heteroatoms. The van der Waals surface area contributed by atoms with Gasteiger partial charge in [0.1, 0.15) is 5.75 Å². The van der Waals surface area contributed by atoms with Crippen LogP contribution >= 0.6 is 0 Å². The molecule has 24 heavy (non-hydrogen) atoms. The van der Waals surface area contributed by atoms with Crippen molar-refractivity contribution in [1.82, 2.24) is 4.90 Å². The van der Waals surface area contributed by atoms with E-state index in [4.69, 9.17) is 4.74 Å². The van der Waals surface area contributed by atoms with Crippen molar-refractivity contribution in [2.75, 3.05) is 19.7 Å². The summed E-state index contributed by atoms with van der Waals surface area (Å²) >= 11 is 0. The van der Waals surface area contributed by atoms with Gasteiger partial charge in [-0.2, -0.15) is 0 Å². The summed E-state index contributed by atoms with van der Waals surface area (Å²) in [4.78, 5) is 2.71. The Balaban J connectivity index is 1.39. The highest BCUT2D eigenvalue weighted by Gasteiger charge is 2.21. The maximum atomic E-state index is 5.80. The van der Waals surface area contributed by atoms with E-state index in [-0.39, 0.29) is 0 Å². The summed E-state index contributed by atoms with van der Waals surface area (Å²) in [5.41, 5.74) is 1.47. The molecule has 0 N–H and O–H groups in total. The molecule has 2 nitrogen and oxygen atoms in total. The van der Waals surface area contributed by atoms with Crippen LogP contribution in [-0.2, 0) is 6.42 Å². The standard InChI is InChI=1S/C22H29NO/c1-3-11-20(12-4-1)19-21-13-7-8-16-23(21)17-9-10-18-24-22-14-5-2-6-15-22/h1-6,11-12,14-15,21H,7-10,13,16-19H2. The van der Waals surface area contributed by atoms with Crippen molar-refractivity contribution in [3.05, 3.63) is 66.2 Å². The van der Waals surface area contributed by atoms with Gasteiger partial charge in [0.15, 0.2) is 0 Å². The van der Waals surface area contributed by atoms with Gasteiger partial charge in [-0.25, -0.2) is 0 Å². The fourth-order valence-electron chi connectivity index (χ4n) is 3.60. The first-order valence-corrected chi connectivity index (χ1v) is 9.37. The van der Waals surface area contributed by atoms with Crippen molar-refractivity contribution in [2.45, 2.75) is 44.6 Å². The molecule has 2 aromatic carbocycles. The summed E-state index contributed by atoms with van der Waals surface area (Å²) in [7, 11) is 0. The normalized spacial score (nSPS) is 18.4. The average Bonchev–Trinajstić information content (AvgIpc) is 2.64. The van der Waals surface area contributed by atoms with E-state index in [1.807, 2.05) is 30.3 Å². The Kier molecular flexibility index (Phi) is 6.73. The summed E-state index contributed by atoms with van der Waals surface area (Å²) in [5.74, 6) is 0.984. The van der Waals surface area contributed by atoms with Gasteiger partial charge in [-0.15, -0.1) is 0 Å². The molecular formula is C22H29NO. The third-order valence-electron chi connectivity index (χ3n) is 4.91. The number of likely N-dealkylation sites (tertiary alicyclic amines) is 1. The SMILES string of the molecule is c1ccc(CC2CCCCN2CCCCOc2ccccc2)cc1. The van der Waals surface area contributed by atoms with Gasteiger partial charge < -0.3 is 9.64 Å². The summed E-state index contributed by atoms with van der Waals surface area (Å²) < 4.78 is 5.80. The van der Waals surface area contributed by atoms with Crippen molar-refractivity contribution in [3.8, 4) is 5.75 Å². The second kappa shape index (κ2) is 9.48. The molecule has 1 heterocycles. The molecule has 3 rings (SSSR count). The monoisotopic (exact) mass is 323 g/mol. The van der Waals surface area contributed by atoms with Crippen LogP contribution in [0.15, 0.2) is 60.7 Å². The van der Waals surface area contributed by atoms with E-state index in [1.165, 1.54) is 50.8 Å². The highest BCUT2D eigenvalue weighted by Crippen LogP contribution is 2.21. The van der Waals surface area contributed by atoms with E-state index in [2.05, 4.69) is 35.2 Å². The Morgan fingerprint density at radius 2 is 1.62 bits per heavy atom. The van der Waals surface area contributed by atoms with Crippen LogP contribution in [0.5, 0.6) is 5.75 Å². The number of piperidine rings is 1. The zero-order chi connectivity index (χ0) is 16.5. The molecule has 0 aliphatic carbocycles. The minimum Gasteiger partial charge on any atom is -0.494 e. The lowest BCUT2D eigenvalue weighted by Crippen LogP contribution is -2.41. The molecule has 1 atom stereocenters. The lowest BCUT2D eigenvalue weighted by atomic mass is 9.95. The third-order valence-corrected chi connectivity index (χ3v) is 4.91. The van der Waals surface area contributed by atoms with Crippen LogP contribution in [0.4, 0.5) is 0 Å². The molecule has 0 aromatic heterocycles. The van der Waals surface area contributed by atoms with Gasteiger partial charge >= 0.3 is 0 Å². The topological polar surface area (TPSA) is 12.5 Å². The number of ether oxygens (including phenoxy) is 1. The number of unbranched alkanes of at least 4 members (excludes halogenated alkanes) is 1. The second-order valence-corrected chi connectivity index (χ2v) is 6.74. The van der Waals surface area contributed by atoms with Crippen LogP contribution in [0.2, 0.25) is 0 Å². The molecule has 1 aliphatic rings. The minimum atomic E-state index is 0.719. The van der Waals surface area contributed by atoms with E-state index in [0.29, 0.717) is 0 Å². The quantitative estimate of drug-likeness (QED) is 0.638. The number of benzene rings is 2. The highest BCUT2D eigenvalue weighted by atomic mass is 16.5. The van der Waals surface area contributed by atoms with Gasteiger partial charge in [0, 0.05) is 6.04 Å². The fraction of sp³-hybridized carbons (Fsp3) is 0.455. The average molecular weight is 323 g/mol. The predicted molar refractivity (Wildman–Crippen MR) is 101 cm³/mol. The fourth-order valence-corrected chi connectivity index (χ4v) is 3.60. The summed E-state index contributed by atoms with van der Waals surface area (Å²) in [6, 6.07) is 21.8. The molecule has 0 bridgehead atoms. The Morgan fingerprint density at radius 3 is 2.42 bits per heavy atom. The van der Waals surface area contributed by atoms with Crippen LogP contribution in [0, 0.1) is 0 Å². The van der Waals surface area contributed by atoms with Crippen molar-refractivity contribution >= 4 is 0 Å². The smallest absolute Gasteiger partial charge is 0.119 e. The third kappa shape index (κ3) is 5.38. The molecule has 1 unspecified atom stereocenters. The van der Waals surface area contributed by atoms with Crippen molar-refractivity contribution in [3.63, 3.8) is 0 Å². The lowest BCUT2D eigenvalue weighted by Gasteiger charge is -2.36. The molecule has 1 saturated heterocycles. The van der Waals surface area contributed by atoms with Gasteiger partial charge in [-0.05, 0) is 62.9 Å².